The van der Waals surface area contributed by atoms with Crippen LogP contribution in [-0.4, -0.2) is 54.5 Å². The third kappa shape index (κ3) is 6.30. The van der Waals surface area contributed by atoms with Gasteiger partial charge in [-0.05, 0) is 37.6 Å². The Labute approximate surface area is 205 Å². The number of carbonyl (C=O) groups is 1. The Morgan fingerprint density at radius 2 is 2.00 bits per heavy atom. The third-order valence-electron chi connectivity index (χ3n) is 5.64. The minimum Gasteiger partial charge on any atom is -0.497 e. The van der Waals surface area contributed by atoms with Gasteiger partial charge in [-0.1, -0.05) is 19.8 Å². The second-order valence-electron chi connectivity index (χ2n) is 8.00. The van der Waals surface area contributed by atoms with Crippen LogP contribution in [0.15, 0.2) is 36.5 Å². The van der Waals surface area contributed by atoms with Crippen molar-refractivity contribution in [2.75, 3.05) is 38.1 Å². The molecule has 0 unspecified atom stereocenters. The minimum atomic E-state index is -0.522. The van der Waals surface area contributed by atoms with E-state index in [1.165, 1.54) is 0 Å². The first-order valence-electron chi connectivity index (χ1n) is 11.8. The third-order valence-corrected chi connectivity index (χ3v) is 5.64. The van der Waals surface area contributed by atoms with E-state index in [0.29, 0.717) is 40.6 Å². The first-order valence-corrected chi connectivity index (χ1v) is 11.8. The average Bonchev–Trinajstić information content (AvgIpc) is 2.89. The molecule has 0 aliphatic rings. The first kappa shape index (κ1) is 26.0. The number of rotatable bonds is 13. The second-order valence-corrected chi connectivity index (χ2v) is 8.00. The lowest BCUT2D eigenvalue weighted by atomic mass is 10.1. The number of benzene rings is 1. The van der Waals surface area contributed by atoms with Gasteiger partial charge in [0.1, 0.15) is 28.4 Å². The number of hydrogen-bond acceptors (Lipinski definition) is 9. The van der Waals surface area contributed by atoms with E-state index in [1.54, 1.807) is 39.5 Å². The van der Waals surface area contributed by atoms with Gasteiger partial charge in [-0.3, -0.25) is 4.98 Å². The fourth-order valence-corrected chi connectivity index (χ4v) is 3.80. The number of pyridine rings is 2. The predicted molar refractivity (Wildman–Crippen MR) is 136 cm³/mol. The Morgan fingerprint density at radius 1 is 1.17 bits per heavy atom. The maximum absolute atomic E-state index is 13.2. The van der Waals surface area contributed by atoms with Crippen LogP contribution in [0.3, 0.4) is 0 Å². The van der Waals surface area contributed by atoms with E-state index in [4.69, 9.17) is 19.2 Å². The molecule has 3 N–H and O–H groups in total. The van der Waals surface area contributed by atoms with Gasteiger partial charge in [0.15, 0.2) is 0 Å². The summed E-state index contributed by atoms with van der Waals surface area (Å²) in [5.41, 5.74) is 2.76. The van der Waals surface area contributed by atoms with Gasteiger partial charge in [-0.25, -0.2) is 9.78 Å². The standard InChI is InChI=1S/C26H34N4O5/c1-5-7-9-18(16-31)29-24-22(26(32)35-6-2)25(30-20-10-8-13-27-23(20)24)28-15-17-11-12-19(33-3)14-21(17)34-4/h8,10-14,18,31H,5-7,9,15-16H2,1-4H3,(H2,28,29,30)/t18-/m0/s1. The monoisotopic (exact) mass is 482 g/mol. The topological polar surface area (TPSA) is 115 Å². The number of aromatic nitrogens is 2. The molecule has 2 heterocycles. The van der Waals surface area contributed by atoms with Crippen molar-refractivity contribution in [2.24, 2.45) is 0 Å². The largest absolute Gasteiger partial charge is 0.497 e. The molecule has 0 spiro atoms. The van der Waals surface area contributed by atoms with E-state index in [9.17, 15) is 9.90 Å². The zero-order chi connectivity index (χ0) is 25.2. The Kier molecular flexibility index (Phi) is 9.48. The Bertz CT molecular complexity index is 1140. The van der Waals surface area contributed by atoms with E-state index in [-0.39, 0.29) is 24.8 Å². The summed E-state index contributed by atoms with van der Waals surface area (Å²) in [7, 11) is 3.19. The quantitative estimate of drug-likeness (QED) is 0.305. The van der Waals surface area contributed by atoms with Crippen LogP contribution in [-0.2, 0) is 11.3 Å². The molecule has 0 radical (unpaired) electrons. The summed E-state index contributed by atoms with van der Waals surface area (Å²) in [5.74, 6) is 1.17. The Morgan fingerprint density at radius 3 is 2.69 bits per heavy atom. The van der Waals surface area contributed by atoms with Crippen molar-refractivity contribution < 1.29 is 24.1 Å². The van der Waals surface area contributed by atoms with Gasteiger partial charge in [-0.2, -0.15) is 0 Å². The van der Waals surface area contributed by atoms with Gasteiger partial charge in [0.05, 0.1) is 38.6 Å². The number of hydrogen-bond donors (Lipinski definition) is 3. The zero-order valence-corrected chi connectivity index (χ0v) is 20.8. The molecular weight excluding hydrogens is 448 g/mol. The molecule has 0 aliphatic heterocycles. The molecule has 3 aromatic rings. The highest BCUT2D eigenvalue weighted by atomic mass is 16.5. The fraction of sp³-hybridized carbons (Fsp3) is 0.423. The lowest BCUT2D eigenvalue weighted by molar-refractivity contribution is 0.0528. The SMILES string of the molecule is CCCC[C@@H](CO)Nc1c(C(=O)OCC)c(NCc2ccc(OC)cc2OC)nc2cccnc12. The predicted octanol–water partition coefficient (Wildman–Crippen LogP) is 4.40. The molecule has 1 aromatic carbocycles. The number of esters is 1. The number of aliphatic hydroxyl groups excluding tert-OH is 1. The number of methoxy groups -OCH3 is 2. The molecule has 0 amide bonds. The van der Waals surface area contributed by atoms with Crippen LogP contribution in [0.5, 0.6) is 11.5 Å². The molecule has 0 saturated heterocycles. The van der Waals surface area contributed by atoms with Crippen molar-refractivity contribution in [1.82, 2.24) is 9.97 Å². The van der Waals surface area contributed by atoms with Crippen molar-refractivity contribution in [1.29, 1.82) is 0 Å². The van der Waals surface area contributed by atoms with Crippen molar-refractivity contribution in [3.05, 3.63) is 47.7 Å². The van der Waals surface area contributed by atoms with Crippen molar-refractivity contribution >= 4 is 28.5 Å². The minimum absolute atomic E-state index is 0.0786. The molecule has 0 bridgehead atoms. The van der Waals surface area contributed by atoms with E-state index < -0.39 is 5.97 Å². The Balaban J connectivity index is 2.08. The van der Waals surface area contributed by atoms with Crippen LogP contribution in [0.2, 0.25) is 0 Å². The molecule has 0 fully saturated rings. The van der Waals surface area contributed by atoms with Crippen LogP contribution >= 0.6 is 0 Å². The van der Waals surface area contributed by atoms with Crippen molar-refractivity contribution in [3.8, 4) is 11.5 Å². The van der Waals surface area contributed by atoms with Gasteiger partial charge in [-0.15, -0.1) is 0 Å². The summed E-state index contributed by atoms with van der Waals surface area (Å²) in [4.78, 5) is 22.3. The first-order chi connectivity index (χ1) is 17.1. The molecule has 9 heteroatoms. The summed E-state index contributed by atoms with van der Waals surface area (Å²) in [5, 5.41) is 16.6. The zero-order valence-electron chi connectivity index (χ0n) is 20.8. The summed E-state index contributed by atoms with van der Waals surface area (Å²) in [6.45, 7) is 4.33. The molecule has 35 heavy (non-hydrogen) atoms. The fourth-order valence-electron chi connectivity index (χ4n) is 3.80. The van der Waals surface area contributed by atoms with Crippen LogP contribution < -0.4 is 20.1 Å². The molecular formula is C26H34N4O5. The van der Waals surface area contributed by atoms with E-state index in [2.05, 4.69) is 22.5 Å². The molecule has 2 aromatic heterocycles. The van der Waals surface area contributed by atoms with E-state index in [0.717, 1.165) is 24.8 Å². The lowest BCUT2D eigenvalue weighted by Crippen LogP contribution is -2.26. The smallest absolute Gasteiger partial charge is 0.344 e. The number of unbranched alkanes of at least 4 members (excludes halogenated alkanes) is 1. The maximum Gasteiger partial charge on any atom is 0.344 e. The number of nitrogens with one attached hydrogen (secondary N) is 2. The number of anilines is 2. The summed E-state index contributed by atoms with van der Waals surface area (Å²) in [6.07, 6.45) is 4.33. The number of carbonyl (C=O) groups excluding carboxylic acids is 1. The molecule has 9 nitrogen and oxygen atoms in total. The summed E-state index contributed by atoms with van der Waals surface area (Å²) >= 11 is 0. The molecule has 0 aliphatic carbocycles. The van der Waals surface area contributed by atoms with Gasteiger partial charge < -0.3 is 30.0 Å². The Hall–Kier alpha value is -3.59. The molecule has 188 valence electrons. The lowest BCUT2D eigenvalue weighted by Gasteiger charge is -2.22. The summed E-state index contributed by atoms with van der Waals surface area (Å²) < 4.78 is 16.2. The number of ether oxygens (including phenoxy) is 3. The highest BCUT2D eigenvalue weighted by molar-refractivity contribution is 6.08. The number of aliphatic hydroxyl groups is 1. The number of nitrogens with zero attached hydrogens (tertiary/aromatic N) is 2. The van der Waals surface area contributed by atoms with Crippen LogP contribution in [0.25, 0.3) is 11.0 Å². The van der Waals surface area contributed by atoms with Gasteiger partial charge in [0, 0.05) is 30.4 Å². The normalized spacial score (nSPS) is 11.7. The van der Waals surface area contributed by atoms with Crippen molar-refractivity contribution in [3.63, 3.8) is 0 Å². The van der Waals surface area contributed by atoms with Gasteiger partial charge in [0.25, 0.3) is 0 Å². The van der Waals surface area contributed by atoms with Crippen molar-refractivity contribution in [2.45, 2.75) is 45.7 Å². The van der Waals surface area contributed by atoms with Crippen LogP contribution in [0, 0.1) is 0 Å². The molecule has 0 saturated carbocycles. The van der Waals surface area contributed by atoms with Crippen LogP contribution in [0.4, 0.5) is 11.5 Å². The molecule has 1 atom stereocenters. The maximum atomic E-state index is 13.2. The molecule has 3 rings (SSSR count). The highest BCUT2D eigenvalue weighted by Crippen LogP contribution is 2.33. The highest BCUT2D eigenvalue weighted by Gasteiger charge is 2.25. The van der Waals surface area contributed by atoms with Gasteiger partial charge >= 0.3 is 5.97 Å². The van der Waals surface area contributed by atoms with Gasteiger partial charge in [0.2, 0.25) is 0 Å². The average molecular weight is 483 g/mol. The van der Waals surface area contributed by atoms with E-state index in [1.807, 2.05) is 18.2 Å². The van der Waals surface area contributed by atoms with Crippen LogP contribution in [0.1, 0.15) is 49.0 Å². The van der Waals surface area contributed by atoms with E-state index >= 15 is 0 Å². The number of fused-ring (bicyclic) bond motifs is 1. The summed E-state index contributed by atoms with van der Waals surface area (Å²) in [6, 6.07) is 8.92. The second kappa shape index (κ2) is 12.8.